The second-order valence-corrected chi connectivity index (χ2v) is 2.78. The second-order valence-electron chi connectivity index (χ2n) is 2.78. The summed E-state index contributed by atoms with van der Waals surface area (Å²) in [5.74, 6) is 0. The zero-order chi connectivity index (χ0) is 8.10. The van der Waals surface area contributed by atoms with Gasteiger partial charge in [-0.3, -0.25) is 0 Å². The molecular weight excluding hydrogens is 144 g/mol. The van der Waals surface area contributed by atoms with E-state index in [2.05, 4.69) is 10.6 Å². The van der Waals surface area contributed by atoms with Gasteiger partial charge in [-0.15, -0.1) is 0 Å². The van der Waals surface area contributed by atoms with Gasteiger partial charge in [0.2, 0.25) is 0 Å². The van der Waals surface area contributed by atoms with Crippen LogP contribution in [0.15, 0.2) is 0 Å². The van der Waals surface area contributed by atoms with Gasteiger partial charge in [0.25, 0.3) is 0 Å². The van der Waals surface area contributed by atoms with Crippen LogP contribution in [-0.2, 0) is 4.74 Å². The summed E-state index contributed by atoms with van der Waals surface area (Å²) in [5, 5.41) is 15.6. The molecule has 0 bridgehead atoms. The highest BCUT2D eigenvalue weighted by Crippen LogP contribution is 1.97. The van der Waals surface area contributed by atoms with Crippen LogP contribution in [0.1, 0.15) is 0 Å². The third kappa shape index (κ3) is 2.75. The number of hydrogen-bond donors (Lipinski definition) is 3. The van der Waals surface area contributed by atoms with E-state index >= 15 is 0 Å². The molecule has 2 atom stereocenters. The van der Waals surface area contributed by atoms with Crippen molar-refractivity contribution in [1.29, 1.82) is 0 Å². The average molecular weight is 160 g/mol. The fourth-order valence-electron chi connectivity index (χ4n) is 1.22. The first-order chi connectivity index (χ1) is 5.34. The standard InChI is InChI=1S/C7H16N2O2/c1-11-3-2-9-6-4-8-5-7(6)10/h6-10H,2-5H2,1H3/t6-,7-/m1/s1. The molecule has 0 unspecified atom stereocenters. The van der Waals surface area contributed by atoms with Crippen LogP contribution in [0, 0.1) is 0 Å². The Morgan fingerprint density at radius 3 is 3.00 bits per heavy atom. The van der Waals surface area contributed by atoms with E-state index in [-0.39, 0.29) is 12.1 Å². The predicted molar refractivity (Wildman–Crippen MR) is 42.5 cm³/mol. The Bertz CT molecular complexity index is 111. The van der Waals surface area contributed by atoms with Crippen molar-refractivity contribution < 1.29 is 9.84 Å². The third-order valence-corrected chi connectivity index (χ3v) is 1.89. The number of β-amino-alcohol motifs (C(OH)–C–C–N with tert-alkyl or cyclic N) is 1. The number of methoxy groups -OCH3 is 1. The van der Waals surface area contributed by atoms with E-state index in [1.54, 1.807) is 7.11 Å². The van der Waals surface area contributed by atoms with E-state index in [1.165, 1.54) is 0 Å². The van der Waals surface area contributed by atoms with Gasteiger partial charge in [-0.2, -0.15) is 0 Å². The molecule has 0 aromatic carbocycles. The minimum absolute atomic E-state index is 0.199. The highest BCUT2D eigenvalue weighted by Gasteiger charge is 2.23. The predicted octanol–water partition coefficient (Wildman–Crippen LogP) is -1.44. The van der Waals surface area contributed by atoms with Crippen LogP contribution in [-0.4, -0.2) is 50.6 Å². The van der Waals surface area contributed by atoms with Crippen molar-refractivity contribution in [3.8, 4) is 0 Å². The van der Waals surface area contributed by atoms with Crippen molar-refractivity contribution in [2.24, 2.45) is 0 Å². The van der Waals surface area contributed by atoms with Crippen molar-refractivity contribution in [3.63, 3.8) is 0 Å². The van der Waals surface area contributed by atoms with Gasteiger partial charge in [-0.05, 0) is 0 Å². The molecule has 0 amide bonds. The highest BCUT2D eigenvalue weighted by molar-refractivity contribution is 4.85. The molecule has 0 radical (unpaired) electrons. The van der Waals surface area contributed by atoms with Gasteiger partial charge in [0.1, 0.15) is 0 Å². The first kappa shape index (κ1) is 8.93. The monoisotopic (exact) mass is 160 g/mol. The molecule has 1 aliphatic heterocycles. The van der Waals surface area contributed by atoms with Gasteiger partial charge >= 0.3 is 0 Å². The first-order valence-corrected chi connectivity index (χ1v) is 3.95. The maximum atomic E-state index is 9.32. The Kier molecular flexibility index (Phi) is 3.79. The van der Waals surface area contributed by atoms with Gasteiger partial charge in [0, 0.05) is 32.8 Å². The molecule has 0 aromatic rings. The number of nitrogens with one attached hydrogen (secondary N) is 2. The summed E-state index contributed by atoms with van der Waals surface area (Å²) in [6.45, 7) is 3.05. The molecule has 11 heavy (non-hydrogen) atoms. The second kappa shape index (κ2) is 4.66. The van der Waals surface area contributed by atoms with E-state index in [9.17, 15) is 5.11 Å². The molecule has 1 aliphatic rings. The molecular formula is C7H16N2O2. The lowest BCUT2D eigenvalue weighted by molar-refractivity contribution is 0.150. The molecule has 1 saturated heterocycles. The zero-order valence-electron chi connectivity index (χ0n) is 6.84. The molecule has 4 heteroatoms. The van der Waals surface area contributed by atoms with Crippen molar-refractivity contribution in [2.45, 2.75) is 12.1 Å². The van der Waals surface area contributed by atoms with Crippen LogP contribution in [0.3, 0.4) is 0 Å². The fraction of sp³-hybridized carbons (Fsp3) is 1.00. The Morgan fingerprint density at radius 1 is 1.64 bits per heavy atom. The lowest BCUT2D eigenvalue weighted by atomic mass is 10.2. The number of rotatable bonds is 4. The van der Waals surface area contributed by atoms with Crippen LogP contribution < -0.4 is 10.6 Å². The molecule has 1 rings (SSSR count). The summed E-state index contributed by atoms with van der Waals surface area (Å²) in [6, 6.07) is 0.199. The van der Waals surface area contributed by atoms with Crippen LogP contribution in [0.4, 0.5) is 0 Å². The largest absolute Gasteiger partial charge is 0.390 e. The third-order valence-electron chi connectivity index (χ3n) is 1.89. The van der Waals surface area contributed by atoms with Crippen LogP contribution >= 0.6 is 0 Å². The van der Waals surface area contributed by atoms with E-state index < -0.39 is 0 Å². The Balaban J connectivity index is 2.05. The van der Waals surface area contributed by atoms with Crippen LogP contribution in [0.2, 0.25) is 0 Å². The van der Waals surface area contributed by atoms with Crippen LogP contribution in [0.25, 0.3) is 0 Å². The van der Waals surface area contributed by atoms with Gasteiger partial charge in [0.15, 0.2) is 0 Å². The lowest BCUT2D eigenvalue weighted by Crippen LogP contribution is -2.40. The van der Waals surface area contributed by atoms with Crippen LogP contribution in [0.5, 0.6) is 0 Å². The summed E-state index contributed by atoms with van der Waals surface area (Å²) >= 11 is 0. The number of ether oxygens (including phenoxy) is 1. The Labute approximate surface area is 66.9 Å². The summed E-state index contributed by atoms with van der Waals surface area (Å²) in [5.41, 5.74) is 0. The fourth-order valence-corrected chi connectivity index (χ4v) is 1.22. The first-order valence-electron chi connectivity index (χ1n) is 3.95. The summed E-state index contributed by atoms with van der Waals surface area (Å²) in [6.07, 6.45) is -0.244. The lowest BCUT2D eigenvalue weighted by Gasteiger charge is -2.14. The number of hydrogen-bond acceptors (Lipinski definition) is 4. The van der Waals surface area contributed by atoms with E-state index in [4.69, 9.17) is 4.74 Å². The minimum Gasteiger partial charge on any atom is -0.390 e. The normalized spacial score (nSPS) is 31.1. The van der Waals surface area contributed by atoms with Crippen molar-refractivity contribution >= 4 is 0 Å². The van der Waals surface area contributed by atoms with E-state index in [1.807, 2.05) is 0 Å². The smallest absolute Gasteiger partial charge is 0.0829 e. The quantitative estimate of drug-likeness (QED) is 0.441. The maximum absolute atomic E-state index is 9.32. The highest BCUT2D eigenvalue weighted by atomic mass is 16.5. The number of aliphatic hydroxyl groups excluding tert-OH is 1. The van der Waals surface area contributed by atoms with Gasteiger partial charge in [-0.25, -0.2) is 0 Å². The topological polar surface area (TPSA) is 53.5 Å². The van der Waals surface area contributed by atoms with E-state index in [0.29, 0.717) is 13.2 Å². The van der Waals surface area contributed by atoms with Gasteiger partial charge in [-0.1, -0.05) is 0 Å². The Morgan fingerprint density at radius 2 is 2.45 bits per heavy atom. The molecule has 0 saturated carbocycles. The molecule has 66 valence electrons. The molecule has 0 aromatic heterocycles. The summed E-state index contributed by atoms with van der Waals surface area (Å²) < 4.78 is 4.87. The molecule has 1 heterocycles. The SMILES string of the molecule is COCCN[C@@H]1CNC[C@H]1O. The molecule has 0 spiro atoms. The average Bonchev–Trinajstić information content (AvgIpc) is 2.37. The summed E-state index contributed by atoms with van der Waals surface area (Å²) in [7, 11) is 1.67. The maximum Gasteiger partial charge on any atom is 0.0829 e. The molecule has 3 N–H and O–H groups in total. The molecule has 4 nitrogen and oxygen atoms in total. The molecule has 1 fully saturated rings. The van der Waals surface area contributed by atoms with Crippen molar-refractivity contribution in [1.82, 2.24) is 10.6 Å². The van der Waals surface area contributed by atoms with Gasteiger partial charge in [0.05, 0.1) is 12.7 Å². The summed E-state index contributed by atoms with van der Waals surface area (Å²) in [4.78, 5) is 0. The molecule has 0 aliphatic carbocycles. The Hall–Kier alpha value is -0.160. The minimum atomic E-state index is -0.244. The van der Waals surface area contributed by atoms with Crippen molar-refractivity contribution in [3.05, 3.63) is 0 Å². The zero-order valence-corrected chi connectivity index (χ0v) is 6.84. The number of aliphatic hydroxyl groups is 1. The van der Waals surface area contributed by atoms with Crippen molar-refractivity contribution in [2.75, 3.05) is 33.4 Å². The van der Waals surface area contributed by atoms with E-state index in [0.717, 1.165) is 13.1 Å². The van der Waals surface area contributed by atoms with Gasteiger partial charge < -0.3 is 20.5 Å².